The van der Waals surface area contributed by atoms with E-state index >= 15 is 0 Å². The Bertz CT molecular complexity index is 814. The Morgan fingerprint density at radius 3 is 1.49 bits per heavy atom. The number of nitrogens with two attached hydrogens (primary N) is 2. The van der Waals surface area contributed by atoms with Crippen molar-refractivity contribution >= 4 is 5.96 Å². The molecule has 284 valence electrons. The number of hydrogen-bond donors (Lipinski definition) is 3. The summed E-state index contributed by atoms with van der Waals surface area (Å²) in [6.07, 6.45) is 51.3. The number of nitrogens with one attached hydrogen (secondary N) is 1. The Kier molecular flexibility index (Phi) is 31.8. The molecule has 6 heteroatoms. The third-order valence-corrected chi connectivity index (χ3v) is 9.39. The van der Waals surface area contributed by atoms with Gasteiger partial charge in [0.15, 0.2) is 11.7 Å². The molecule has 0 bridgehead atoms. The average molecular weight is 685 g/mol. The zero-order valence-electron chi connectivity index (χ0n) is 32.3. The van der Waals surface area contributed by atoms with E-state index in [2.05, 4.69) is 72.8 Å². The Labute approximate surface area is 304 Å². The maximum absolute atomic E-state index is 6.63. The molecule has 0 amide bonds. The molecule has 0 aromatic carbocycles. The van der Waals surface area contributed by atoms with Gasteiger partial charge in [-0.15, -0.1) is 0 Å². The second kappa shape index (κ2) is 34.6. The van der Waals surface area contributed by atoms with Crippen molar-refractivity contribution in [3.63, 3.8) is 0 Å². The average Bonchev–Trinajstić information content (AvgIpc) is 3.50. The van der Waals surface area contributed by atoms with Gasteiger partial charge >= 0.3 is 0 Å². The first-order chi connectivity index (χ1) is 24.1. The predicted molar refractivity (Wildman–Crippen MR) is 215 cm³/mol. The molecule has 49 heavy (non-hydrogen) atoms. The fourth-order valence-electron chi connectivity index (χ4n) is 6.40. The molecule has 0 aliphatic carbocycles. The Morgan fingerprint density at radius 2 is 1.04 bits per heavy atom. The van der Waals surface area contributed by atoms with Gasteiger partial charge in [0.25, 0.3) is 0 Å². The van der Waals surface area contributed by atoms with E-state index in [-0.39, 0.29) is 12.1 Å². The van der Waals surface area contributed by atoms with Crippen LogP contribution < -0.4 is 16.8 Å². The van der Waals surface area contributed by atoms with Crippen molar-refractivity contribution in [2.24, 2.45) is 16.5 Å². The van der Waals surface area contributed by atoms with Crippen molar-refractivity contribution in [3.05, 3.63) is 48.6 Å². The molecule has 1 aliphatic rings. The molecule has 1 unspecified atom stereocenters. The molecule has 1 saturated heterocycles. The summed E-state index contributed by atoms with van der Waals surface area (Å²) in [5.74, 6) is -0.265. The van der Waals surface area contributed by atoms with Gasteiger partial charge in [-0.1, -0.05) is 140 Å². The summed E-state index contributed by atoms with van der Waals surface area (Å²) in [4.78, 5) is 4.06. The van der Waals surface area contributed by atoms with Crippen LogP contribution in [-0.2, 0) is 9.47 Å². The van der Waals surface area contributed by atoms with Crippen LogP contribution in [0.4, 0.5) is 0 Å². The number of unbranched alkanes of at least 4 members (excludes halogenated alkanes) is 18. The minimum atomic E-state index is -0.406. The number of hydrogen-bond acceptors (Lipinski definition) is 4. The summed E-state index contributed by atoms with van der Waals surface area (Å²) in [6.45, 7) is 7.29. The minimum Gasteiger partial charge on any atom is -0.370 e. The standard InChI is InChI=1S/C43H80N4O2/c1-3-5-7-9-11-13-15-17-19-21-23-25-27-29-31-33-35-43(48-40-41(49-43)39-46-37-38-47-42(44)45)36-34-32-30-28-26-24-22-20-18-16-14-12-10-8-6-4-2/h11-14,17-20,41,46H,3-10,15-16,21-40H2,1-2H3,(H4,44,45,47)/b13-11-,14-12-,19-17-,20-18-. The molecule has 5 N–H and O–H groups in total. The highest BCUT2D eigenvalue weighted by atomic mass is 16.7. The second-order valence-corrected chi connectivity index (χ2v) is 14.1. The number of aliphatic imine (C=N–C) groups is 1. The highest BCUT2D eigenvalue weighted by Gasteiger charge is 2.40. The van der Waals surface area contributed by atoms with Gasteiger partial charge in [-0.3, -0.25) is 4.99 Å². The van der Waals surface area contributed by atoms with Crippen molar-refractivity contribution in [1.82, 2.24) is 5.32 Å². The lowest BCUT2D eigenvalue weighted by Crippen LogP contribution is -2.35. The zero-order valence-corrected chi connectivity index (χ0v) is 32.3. The van der Waals surface area contributed by atoms with E-state index in [0.717, 1.165) is 38.8 Å². The summed E-state index contributed by atoms with van der Waals surface area (Å²) in [6, 6.07) is 0. The lowest BCUT2D eigenvalue weighted by atomic mass is 9.98. The first-order valence-electron chi connectivity index (χ1n) is 20.8. The summed E-state index contributed by atoms with van der Waals surface area (Å²) >= 11 is 0. The van der Waals surface area contributed by atoms with Gasteiger partial charge in [-0.2, -0.15) is 0 Å². The van der Waals surface area contributed by atoms with E-state index in [1.807, 2.05) is 0 Å². The summed E-state index contributed by atoms with van der Waals surface area (Å²) in [5, 5.41) is 3.43. The summed E-state index contributed by atoms with van der Waals surface area (Å²) in [7, 11) is 0. The molecule has 0 radical (unpaired) electrons. The van der Waals surface area contributed by atoms with Crippen molar-refractivity contribution in [1.29, 1.82) is 0 Å². The van der Waals surface area contributed by atoms with Crippen LogP contribution in [0.3, 0.4) is 0 Å². The van der Waals surface area contributed by atoms with Crippen molar-refractivity contribution in [2.75, 3.05) is 26.2 Å². The van der Waals surface area contributed by atoms with Crippen LogP contribution in [-0.4, -0.2) is 44.1 Å². The van der Waals surface area contributed by atoms with Crippen molar-refractivity contribution < 1.29 is 9.47 Å². The van der Waals surface area contributed by atoms with Gasteiger partial charge in [0.05, 0.1) is 19.3 Å². The van der Waals surface area contributed by atoms with E-state index < -0.39 is 5.79 Å². The predicted octanol–water partition coefficient (Wildman–Crippen LogP) is 11.4. The molecule has 0 spiro atoms. The molecule has 1 rings (SSSR count). The molecular formula is C43H80N4O2. The largest absolute Gasteiger partial charge is 0.370 e. The van der Waals surface area contributed by atoms with Gasteiger partial charge < -0.3 is 26.3 Å². The molecule has 1 atom stereocenters. The molecule has 0 aromatic rings. The molecule has 0 saturated carbocycles. The first-order valence-corrected chi connectivity index (χ1v) is 20.8. The van der Waals surface area contributed by atoms with Crippen LogP contribution in [0.5, 0.6) is 0 Å². The van der Waals surface area contributed by atoms with Gasteiger partial charge in [0.1, 0.15) is 0 Å². The quantitative estimate of drug-likeness (QED) is 0.0267. The second-order valence-electron chi connectivity index (χ2n) is 14.1. The first kappa shape index (κ1) is 45.1. The Balaban J connectivity index is 2.24. The molecule has 0 aromatic heterocycles. The minimum absolute atomic E-state index is 0.0911. The Hall–Kier alpha value is -1.89. The molecular weight excluding hydrogens is 604 g/mol. The third-order valence-electron chi connectivity index (χ3n) is 9.39. The molecule has 1 heterocycles. The molecule has 1 aliphatic heterocycles. The van der Waals surface area contributed by atoms with Crippen LogP contribution in [0.25, 0.3) is 0 Å². The van der Waals surface area contributed by atoms with Crippen LogP contribution >= 0.6 is 0 Å². The van der Waals surface area contributed by atoms with Gasteiger partial charge in [-0.25, -0.2) is 0 Å². The van der Waals surface area contributed by atoms with Gasteiger partial charge in [0, 0.05) is 25.9 Å². The highest BCUT2D eigenvalue weighted by Crippen LogP contribution is 2.34. The monoisotopic (exact) mass is 685 g/mol. The summed E-state index contributed by atoms with van der Waals surface area (Å²) < 4.78 is 13.1. The topological polar surface area (TPSA) is 94.9 Å². The smallest absolute Gasteiger partial charge is 0.185 e. The fraction of sp³-hybridized carbons (Fsp3) is 0.791. The number of allylic oxidation sites excluding steroid dienone is 8. The van der Waals surface area contributed by atoms with E-state index in [0.29, 0.717) is 13.2 Å². The number of nitrogens with zero attached hydrogens (tertiary/aromatic N) is 1. The molecule has 1 fully saturated rings. The van der Waals surface area contributed by atoms with E-state index in [4.69, 9.17) is 20.9 Å². The van der Waals surface area contributed by atoms with E-state index in [9.17, 15) is 0 Å². The van der Waals surface area contributed by atoms with Crippen molar-refractivity contribution in [3.8, 4) is 0 Å². The maximum atomic E-state index is 6.63. The van der Waals surface area contributed by atoms with Crippen molar-refractivity contribution in [2.45, 2.75) is 193 Å². The lowest BCUT2D eigenvalue weighted by molar-refractivity contribution is -0.179. The lowest BCUT2D eigenvalue weighted by Gasteiger charge is -2.28. The molecule has 6 nitrogen and oxygen atoms in total. The van der Waals surface area contributed by atoms with Crippen LogP contribution in [0.15, 0.2) is 53.6 Å². The van der Waals surface area contributed by atoms with E-state index in [1.54, 1.807) is 0 Å². The van der Waals surface area contributed by atoms with Gasteiger partial charge in [-0.05, 0) is 77.0 Å². The normalized spacial score (nSPS) is 16.3. The SMILES string of the molecule is CCCCC/C=C\C/C=C\CCCCCCCCC1(CCCCCCCC/C=C\C/C=C\CCCCC)OCC(CNCCN=C(N)N)O1. The van der Waals surface area contributed by atoms with Crippen LogP contribution in [0.1, 0.15) is 181 Å². The van der Waals surface area contributed by atoms with Crippen LogP contribution in [0.2, 0.25) is 0 Å². The van der Waals surface area contributed by atoms with E-state index in [1.165, 1.54) is 141 Å². The number of guanidine groups is 1. The van der Waals surface area contributed by atoms with Crippen LogP contribution in [0, 0.1) is 0 Å². The highest BCUT2D eigenvalue weighted by molar-refractivity contribution is 5.75. The third kappa shape index (κ3) is 29.5. The zero-order chi connectivity index (χ0) is 35.4. The summed E-state index contributed by atoms with van der Waals surface area (Å²) in [5.41, 5.74) is 10.9. The van der Waals surface area contributed by atoms with Gasteiger partial charge in [0.2, 0.25) is 0 Å². The number of rotatable bonds is 35. The maximum Gasteiger partial charge on any atom is 0.185 e. The Morgan fingerprint density at radius 1 is 0.612 bits per heavy atom. The fourth-order valence-corrected chi connectivity index (χ4v) is 6.40. The number of ether oxygens (including phenoxy) is 2.